The van der Waals surface area contributed by atoms with E-state index in [9.17, 15) is 0 Å². The fourth-order valence-corrected chi connectivity index (χ4v) is 7.09. The van der Waals surface area contributed by atoms with Gasteiger partial charge in [0.05, 0.1) is 27.8 Å². The van der Waals surface area contributed by atoms with Gasteiger partial charge in [0.15, 0.2) is 0 Å². The van der Waals surface area contributed by atoms with Crippen molar-refractivity contribution in [1.29, 1.82) is 5.41 Å². The van der Waals surface area contributed by atoms with Gasteiger partial charge < -0.3 is 14.5 Å². The van der Waals surface area contributed by atoms with E-state index in [2.05, 4.69) is 124 Å². The van der Waals surface area contributed by atoms with Crippen molar-refractivity contribution < 1.29 is 0 Å². The van der Waals surface area contributed by atoms with Crippen molar-refractivity contribution in [2.24, 2.45) is 4.99 Å². The standard InChI is InChI=1S/C42H28N4/c43-26-29-23-24-31(25-36(29)44-27-28-13-3-1-4-14-28)46-38-22-12-10-20-35(38)40-39-34-19-9-11-21-37(34)45(30-15-5-2-6-16-30)41(39)32-17-7-8-18-33(32)42(40)46/h1-27,43H. The molecule has 4 heteroatoms. The molecule has 0 spiro atoms. The third-order valence-electron chi connectivity index (χ3n) is 9.03. The third kappa shape index (κ3) is 3.87. The number of aliphatic imine (C=N–C) groups is 1. The molecule has 0 radical (unpaired) electrons. The van der Waals surface area contributed by atoms with Crippen molar-refractivity contribution >= 4 is 72.5 Å². The lowest BCUT2D eigenvalue weighted by Gasteiger charge is -2.14. The Balaban J connectivity index is 1.45. The Morgan fingerprint density at radius 1 is 0.478 bits per heavy atom. The number of hydrogen-bond donors (Lipinski definition) is 1. The van der Waals surface area contributed by atoms with E-state index >= 15 is 0 Å². The molecule has 1 N–H and O–H groups in total. The summed E-state index contributed by atoms with van der Waals surface area (Å²) in [6, 6.07) is 53.2. The lowest BCUT2D eigenvalue weighted by molar-refractivity contribution is 1.18. The van der Waals surface area contributed by atoms with Gasteiger partial charge in [0.25, 0.3) is 0 Å². The number of benzene rings is 7. The highest BCUT2D eigenvalue weighted by atomic mass is 15.0. The fraction of sp³-hybridized carbons (Fsp3) is 0. The van der Waals surface area contributed by atoms with Crippen LogP contribution < -0.4 is 0 Å². The van der Waals surface area contributed by atoms with Gasteiger partial charge in [0.1, 0.15) is 0 Å². The highest BCUT2D eigenvalue weighted by molar-refractivity contribution is 6.37. The summed E-state index contributed by atoms with van der Waals surface area (Å²) in [5, 5.41) is 15.4. The van der Waals surface area contributed by atoms with Crippen LogP contribution in [0.1, 0.15) is 11.1 Å². The molecule has 0 aliphatic rings. The van der Waals surface area contributed by atoms with E-state index in [1.54, 1.807) is 0 Å². The molecule has 2 aromatic heterocycles. The van der Waals surface area contributed by atoms with Crippen molar-refractivity contribution in [3.63, 3.8) is 0 Å². The largest absolute Gasteiger partial charge is 0.309 e. The molecule has 0 fully saturated rings. The maximum absolute atomic E-state index is 8.12. The quantitative estimate of drug-likeness (QED) is 0.194. The summed E-state index contributed by atoms with van der Waals surface area (Å²) in [5.41, 5.74) is 9.40. The first-order chi connectivity index (χ1) is 22.8. The molecule has 7 aromatic carbocycles. The van der Waals surface area contributed by atoms with Crippen LogP contribution in [0.25, 0.3) is 65.8 Å². The van der Waals surface area contributed by atoms with Gasteiger partial charge in [-0.15, -0.1) is 0 Å². The molecule has 0 aliphatic heterocycles. The molecule has 46 heavy (non-hydrogen) atoms. The Morgan fingerprint density at radius 3 is 1.57 bits per heavy atom. The summed E-state index contributed by atoms with van der Waals surface area (Å²) in [4.78, 5) is 4.88. The van der Waals surface area contributed by atoms with Crippen LogP contribution in [-0.2, 0) is 0 Å². The number of rotatable bonds is 5. The number of nitrogens with zero attached hydrogens (tertiary/aromatic N) is 3. The van der Waals surface area contributed by atoms with Gasteiger partial charge in [0.2, 0.25) is 0 Å². The summed E-state index contributed by atoms with van der Waals surface area (Å²) in [6.07, 6.45) is 3.25. The number of hydrogen-bond acceptors (Lipinski definition) is 2. The van der Waals surface area contributed by atoms with E-state index in [0.717, 1.165) is 33.7 Å². The topological polar surface area (TPSA) is 46.1 Å². The summed E-state index contributed by atoms with van der Waals surface area (Å²) >= 11 is 0. The number of fused-ring (bicyclic) bond motifs is 10. The molecular formula is C42H28N4. The molecular weight excluding hydrogens is 560 g/mol. The average Bonchev–Trinajstić information content (AvgIpc) is 3.65. The van der Waals surface area contributed by atoms with E-state index in [1.165, 1.54) is 55.1 Å². The van der Waals surface area contributed by atoms with Gasteiger partial charge in [-0.3, -0.25) is 4.99 Å². The summed E-state index contributed by atoms with van der Waals surface area (Å²) in [5.74, 6) is 0. The first kappa shape index (κ1) is 26.2. The minimum atomic E-state index is 0.758. The first-order valence-corrected chi connectivity index (χ1v) is 15.5. The molecule has 2 heterocycles. The Labute approximate surface area is 265 Å². The van der Waals surface area contributed by atoms with Crippen molar-refractivity contribution in [3.8, 4) is 11.4 Å². The molecule has 9 aromatic rings. The predicted molar refractivity (Wildman–Crippen MR) is 194 cm³/mol. The highest BCUT2D eigenvalue weighted by Gasteiger charge is 2.24. The number of nitrogens with one attached hydrogen (secondary N) is 1. The van der Waals surface area contributed by atoms with Crippen LogP contribution in [-0.4, -0.2) is 21.6 Å². The van der Waals surface area contributed by atoms with Gasteiger partial charge in [-0.1, -0.05) is 109 Å². The molecule has 216 valence electrons. The molecule has 0 saturated heterocycles. The van der Waals surface area contributed by atoms with Gasteiger partial charge in [-0.25, -0.2) is 0 Å². The van der Waals surface area contributed by atoms with Crippen LogP contribution in [0.5, 0.6) is 0 Å². The second kappa shape index (κ2) is 10.4. The Hall–Kier alpha value is -6.26. The molecule has 0 saturated carbocycles. The molecule has 0 atom stereocenters. The number of aromatic nitrogens is 2. The van der Waals surface area contributed by atoms with Crippen LogP contribution in [0.3, 0.4) is 0 Å². The highest BCUT2D eigenvalue weighted by Crippen LogP contribution is 2.47. The van der Waals surface area contributed by atoms with Gasteiger partial charge in [-0.05, 0) is 48.0 Å². The van der Waals surface area contributed by atoms with Gasteiger partial charge in [-0.2, -0.15) is 0 Å². The molecule has 0 amide bonds. The SMILES string of the molecule is N=Cc1ccc(-n2c3ccccc3c3c4c5ccccc5n(-c5ccccc5)c4c4ccccc4c32)cc1N=Cc1ccccc1. The maximum Gasteiger partial charge on any atom is 0.0738 e. The third-order valence-corrected chi connectivity index (χ3v) is 9.03. The predicted octanol–water partition coefficient (Wildman–Crippen LogP) is 10.8. The van der Waals surface area contributed by atoms with Crippen LogP contribution in [0.15, 0.2) is 157 Å². The van der Waals surface area contributed by atoms with Crippen LogP contribution in [0.2, 0.25) is 0 Å². The van der Waals surface area contributed by atoms with Crippen molar-refractivity contribution in [2.75, 3.05) is 0 Å². The van der Waals surface area contributed by atoms with E-state index in [-0.39, 0.29) is 0 Å². The first-order valence-electron chi connectivity index (χ1n) is 15.5. The summed E-state index contributed by atoms with van der Waals surface area (Å²) in [6.45, 7) is 0. The van der Waals surface area contributed by atoms with Crippen LogP contribution >= 0.6 is 0 Å². The molecule has 9 rings (SSSR count). The Morgan fingerprint density at radius 2 is 0.978 bits per heavy atom. The average molecular weight is 589 g/mol. The smallest absolute Gasteiger partial charge is 0.0738 e. The van der Waals surface area contributed by atoms with Gasteiger partial charge in [0, 0.05) is 61.7 Å². The summed E-state index contributed by atoms with van der Waals surface area (Å²) in [7, 11) is 0. The molecule has 0 unspecified atom stereocenters. The minimum absolute atomic E-state index is 0.758. The van der Waals surface area contributed by atoms with Crippen LogP contribution in [0.4, 0.5) is 5.69 Å². The minimum Gasteiger partial charge on any atom is -0.309 e. The van der Waals surface area contributed by atoms with Crippen LogP contribution in [0, 0.1) is 5.41 Å². The zero-order valence-electron chi connectivity index (χ0n) is 24.9. The second-order valence-corrected chi connectivity index (χ2v) is 11.6. The zero-order chi connectivity index (χ0) is 30.6. The second-order valence-electron chi connectivity index (χ2n) is 11.6. The summed E-state index contributed by atoms with van der Waals surface area (Å²) < 4.78 is 4.81. The van der Waals surface area contributed by atoms with Crippen molar-refractivity contribution in [2.45, 2.75) is 0 Å². The van der Waals surface area contributed by atoms with Crippen molar-refractivity contribution in [1.82, 2.24) is 9.13 Å². The molecule has 4 nitrogen and oxygen atoms in total. The normalized spacial score (nSPS) is 11.9. The monoisotopic (exact) mass is 588 g/mol. The lowest BCUT2D eigenvalue weighted by Crippen LogP contribution is -1.97. The van der Waals surface area contributed by atoms with Gasteiger partial charge >= 0.3 is 0 Å². The Bertz CT molecular complexity index is 2640. The zero-order valence-corrected chi connectivity index (χ0v) is 24.9. The van der Waals surface area contributed by atoms with E-state index in [1.807, 2.05) is 42.6 Å². The molecule has 0 aliphatic carbocycles. The van der Waals surface area contributed by atoms with E-state index < -0.39 is 0 Å². The van der Waals surface area contributed by atoms with Crippen molar-refractivity contribution in [3.05, 3.63) is 163 Å². The fourth-order valence-electron chi connectivity index (χ4n) is 7.09. The van der Waals surface area contributed by atoms with E-state index in [0.29, 0.717) is 0 Å². The van der Waals surface area contributed by atoms with E-state index in [4.69, 9.17) is 10.4 Å². The molecule has 0 bridgehead atoms. The lowest BCUT2D eigenvalue weighted by atomic mass is 9.99. The maximum atomic E-state index is 8.12. The Kier molecular flexibility index (Phi) is 5.93. The number of para-hydroxylation sites is 3.